The Hall–Kier alpha value is -2.36. The van der Waals surface area contributed by atoms with Crippen molar-refractivity contribution >= 4 is 5.91 Å². The van der Waals surface area contributed by atoms with E-state index in [-0.39, 0.29) is 18.3 Å². The van der Waals surface area contributed by atoms with Crippen LogP contribution in [-0.2, 0) is 11.3 Å². The van der Waals surface area contributed by atoms with E-state index < -0.39 is 0 Å². The summed E-state index contributed by atoms with van der Waals surface area (Å²) in [7, 11) is 1.67. The van der Waals surface area contributed by atoms with Crippen LogP contribution in [0.25, 0.3) is 0 Å². The first-order chi connectivity index (χ1) is 10.0. The Morgan fingerprint density at radius 3 is 2.67 bits per heavy atom. The summed E-state index contributed by atoms with van der Waals surface area (Å²) < 4.78 is 18.6. The minimum Gasteiger partial charge on any atom is -0.484 e. The molecule has 0 aliphatic rings. The molecular weight excluding hydrogens is 269 g/mol. The topological polar surface area (TPSA) is 29.5 Å². The number of hydrogen-bond donors (Lipinski definition) is 0. The number of amides is 1. The van der Waals surface area contributed by atoms with E-state index in [4.69, 9.17) is 4.74 Å². The van der Waals surface area contributed by atoms with Crippen LogP contribution in [0.4, 0.5) is 4.39 Å². The molecule has 0 radical (unpaired) electrons. The summed E-state index contributed by atoms with van der Waals surface area (Å²) in [6, 6.07) is 13.8. The lowest BCUT2D eigenvalue weighted by atomic mass is 10.2. The van der Waals surface area contributed by atoms with Crippen molar-refractivity contribution in [3.8, 4) is 5.75 Å². The molecule has 0 N–H and O–H groups in total. The third kappa shape index (κ3) is 4.60. The van der Waals surface area contributed by atoms with Crippen molar-refractivity contribution in [3.63, 3.8) is 0 Å². The van der Waals surface area contributed by atoms with Gasteiger partial charge in [0, 0.05) is 13.6 Å². The van der Waals surface area contributed by atoms with Crippen LogP contribution in [-0.4, -0.2) is 24.5 Å². The Bertz CT molecular complexity index is 628. The third-order valence-corrected chi connectivity index (χ3v) is 3.09. The maximum Gasteiger partial charge on any atom is 0.260 e. The van der Waals surface area contributed by atoms with Crippen LogP contribution >= 0.6 is 0 Å². The smallest absolute Gasteiger partial charge is 0.260 e. The van der Waals surface area contributed by atoms with Gasteiger partial charge in [-0.25, -0.2) is 4.39 Å². The molecular formula is C17H18FNO2. The van der Waals surface area contributed by atoms with Crippen molar-refractivity contribution in [2.45, 2.75) is 13.5 Å². The van der Waals surface area contributed by atoms with E-state index in [2.05, 4.69) is 0 Å². The van der Waals surface area contributed by atoms with Crippen molar-refractivity contribution in [1.29, 1.82) is 0 Å². The molecule has 21 heavy (non-hydrogen) atoms. The molecule has 0 aromatic heterocycles. The second-order valence-electron chi connectivity index (χ2n) is 4.98. The number of aryl methyl sites for hydroxylation is 1. The van der Waals surface area contributed by atoms with E-state index in [0.717, 1.165) is 11.1 Å². The number of rotatable bonds is 5. The molecule has 2 aromatic rings. The van der Waals surface area contributed by atoms with E-state index in [1.165, 1.54) is 17.0 Å². The van der Waals surface area contributed by atoms with Gasteiger partial charge >= 0.3 is 0 Å². The zero-order chi connectivity index (χ0) is 15.2. The highest BCUT2D eigenvalue weighted by molar-refractivity contribution is 5.77. The maximum atomic E-state index is 13.1. The minimum absolute atomic E-state index is 0.0325. The Labute approximate surface area is 124 Å². The standard InChI is InChI=1S/C17H18FNO2/c1-13-5-3-8-16(9-13)21-12-17(20)19(2)11-14-6-4-7-15(18)10-14/h3-10H,11-12H2,1-2H3. The van der Waals surface area contributed by atoms with E-state index in [9.17, 15) is 9.18 Å². The second-order valence-corrected chi connectivity index (χ2v) is 4.98. The van der Waals surface area contributed by atoms with Gasteiger partial charge in [0.05, 0.1) is 0 Å². The molecule has 4 heteroatoms. The van der Waals surface area contributed by atoms with Crippen molar-refractivity contribution in [2.75, 3.05) is 13.7 Å². The lowest BCUT2D eigenvalue weighted by molar-refractivity contribution is -0.132. The molecule has 2 aromatic carbocycles. The molecule has 0 spiro atoms. The van der Waals surface area contributed by atoms with Crippen LogP contribution < -0.4 is 4.74 Å². The van der Waals surface area contributed by atoms with Gasteiger partial charge in [-0.1, -0.05) is 24.3 Å². The van der Waals surface area contributed by atoms with Gasteiger partial charge in [-0.05, 0) is 42.3 Å². The van der Waals surface area contributed by atoms with Gasteiger partial charge in [0.1, 0.15) is 11.6 Å². The van der Waals surface area contributed by atoms with Gasteiger partial charge in [-0.2, -0.15) is 0 Å². The van der Waals surface area contributed by atoms with Crippen LogP contribution in [0.15, 0.2) is 48.5 Å². The molecule has 3 nitrogen and oxygen atoms in total. The molecule has 0 heterocycles. The average Bonchev–Trinajstić information content (AvgIpc) is 2.45. The number of carbonyl (C=O) groups is 1. The number of benzene rings is 2. The number of ether oxygens (including phenoxy) is 1. The van der Waals surface area contributed by atoms with Gasteiger partial charge in [-0.3, -0.25) is 4.79 Å². The van der Waals surface area contributed by atoms with E-state index in [1.807, 2.05) is 31.2 Å². The number of likely N-dealkylation sites (N-methyl/N-ethyl adjacent to an activating group) is 1. The van der Waals surface area contributed by atoms with Crippen LogP contribution in [0.5, 0.6) is 5.75 Å². The van der Waals surface area contributed by atoms with Crippen LogP contribution in [0.1, 0.15) is 11.1 Å². The summed E-state index contributed by atoms with van der Waals surface area (Å²) in [6.45, 7) is 2.29. The van der Waals surface area contributed by atoms with Crippen LogP contribution in [0.3, 0.4) is 0 Å². The Morgan fingerprint density at radius 2 is 1.95 bits per heavy atom. The van der Waals surface area contributed by atoms with Gasteiger partial charge in [0.25, 0.3) is 5.91 Å². The van der Waals surface area contributed by atoms with Gasteiger partial charge in [0.2, 0.25) is 0 Å². The lowest BCUT2D eigenvalue weighted by Gasteiger charge is -2.17. The number of carbonyl (C=O) groups excluding carboxylic acids is 1. The fourth-order valence-corrected chi connectivity index (χ4v) is 1.96. The average molecular weight is 287 g/mol. The predicted molar refractivity (Wildman–Crippen MR) is 79.5 cm³/mol. The molecule has 0 fully saturated rings. The van der Waals surface area contributed by atoms with Crippen LogP contribution in [0, 0.1) is 12.7 Å². The molecule has 0 aliphatic carbocycles. The molecule has 110 valence electrons. The minimum atomic E-state index is -0.302. The summed E-state index contributed by atoms with van der Waals surface area (Å²) >= 11 is 0. The van der Waals surface area contributed by atoms with Crippen molar-refractivity contribution in [2.24, 2.45) is 0 Å². The zero-order valence-electron chi connectivity index (χ0n) is 12.2. The van der Waals surface area contributed by atoms with E-state index in [0.29, 0.717) is 12.3 Å². The second kappa shape index (κ2) is 6.88. The molecule has 0 saturated heterocycles. The summed E-state index contributed by atoms with van der Waals surface area (Å²) in [5.41, 5.74) is 1.83. The molecule has 0 aliphatic heterocycles. The molecule has 0 saturated carbocycles. The SMILES string of the molecule is Cc1cccc(OCC(=O)N(C)Cc2cccc(F)c2)c1. The van der Waals surface area contributed by atoms with Gasteiger partial charge in [-0.15, -0.1) is 0 Å². The number of hydrogen-bond acceptors (Lipinski definition) is 2. The van der Waals surface area contributed by atoms with Gasteiger partial charge in [0.15, 0.2) is 6.61 Å². The fourth-order valence-electron chi connectivity index (χ4n) is 1.96. The predicted octanol–water partition coefficient (Wildman–Crippen LogP) is 3.17. The summed E-state index contributed by atoms with van der Waals surface area (Å²) in [5, 5.41) is 0. The summed E-state index contributed by atoms with van der Waals surface area (Å²) in [4.78, 5) is 13.5. The number of nitrogens with zero attached hydrogens (tertiary/aromatic N) is 1. The van der Waals surface area contributed by atoms with E-state index >= 15 is 0 Å². The van der Waals surface area contributed by atoms with E-state index in [1.54, 1.807) is 19.2 Å². The highest BCUT2D eigenvalue weighted by Crippen LogP contribution is 2.12. The van der Waals surface area contributed by atoms with Crippen molar-refractivity contribution in [1.82, 2.24) is 4.90 Å². The first-order valence-electron chi connectivity index (χ1n) is 6.72. The van der Waals surface area contributed by atoms with Crippen molar-refractivity contribution in [3.05, 3.63) is 65.5 Å². The maximum absolute atomic E-state index is 13.1. The molecule has 0 unspecified atom stereocenters. The largest absolute Gasteiger partial charge is 0.484 e. The quantitative estimate of drug-likeness (QED) is 0.845. The lowest BCUT2D eigenvalue weighted by Crippen LogP contribution is -2.31. The summed E-state index contributed by atoms with van der Waals surface area (Å²) in [6.07, 6.45) is 0. The first kappa shape index (κ1) is 15.0. The molecule has 1 amide bonds. The highest BCUT2D eigenvalue weighted by atomic mass is 19.1. The Balaban J connectivity index is 1.88. The fraction of sp³-hybridized carbons (Fsp3) is 0.235. The Kier molecular flexibility index (Phi) is 4.93. The molecule has 0 bridgehead atoms. The molecule has 0 atom stereocenters. The highest BCUT2D eigenvalue weighted by Gasteiger charge is 2.10. The monoisotopic (exact) mass is 287 g/mol. The first-order valence-corrected chi connectivity index (χ1v) is 6.72. The molecule has 2 rings (SSSR count). The van der Waals surface area contributed by atoms with Crippen LogP contribution in [0.2, 0.25) is 0 Å². The van der Waals surface area contributed by atoms with Gasteiger partial charge < -0.3 is 9.64 Å². The summed E-state index contributed by atoms with van der Waals surface area (Å²) in [5.74, 6) is 0.215. The Morgan fingerprint density at radius 1 is 1.19 bits per heavy atom. The number of halogens is 1. The zero-order valence-corrected chi connectivity index (χ0v) is 12.2. The normalized spacial score (nSPS) is 10.2. The van der Waals surface area contributed by atoms with Crippen molar-refractivity contribution < 1.29 is 13.9 Å². The third-order valence-electron chi connectivity index (χ3n) is 3.09.